The summed E-state index contributed by atoms with van der Waals surface area (Å²) in [6.45, 7) is 1.38. The van der Waals surface area contributed by atoms with Crippen LogP contribution in [0.5, 0.6) is 17.2 Å². The Morgan fingerprint density at radius 1 is 1.28 bits per heavy atom. The molecule has 0 spiro atoms. The maximum absolute atomic E-state index is 14.6. The van der Waals surface area contributed by atoms with E-state index in [9.17, 15) is 9.18 Å². The maximum atomic E-state index is 14.6. The average Bonchev–Trinajstić information content (AvgIpc) is 2.57. The molecule has 0 heterocycles. The second-order valence-corrected chi connectivity index (χ2v) is 5.52. The molecule has 8 heteroatoms. The molecule has 0 atom stereocenters. The highest BCUT2D eigenvalue weighted by Crippen LogP contribution is 2.37. The van der Waals surface area contributed by atoms with Crippen molar-refractivity contribution in [1.82, 2.24) is 0 Å². The van der Waals surface area contributed by atoms with E-state index >= 15 is 0 Å². The third kappa shape index (κ3) is 4.99. The summed E-state index contributed by atoms with van der Waals surface area (Å²) < 4.78 is 29.8. The van der Waals surface area contributed by atoms with Crippen LogP contribution in [0.25, 0.3) is 0 Å². The minimum absolute atomic E-state index is 0.0144. The van der Waals surface area contributed by atoms with E-state index in [0.717, 1.165) is 0 Å². The molecule has 2 rings (SSSR count). The number of nitrogens with zero attached hydrogens (tertiary/aromatic N) is 1. The Balaban J connectivity index is 2.26. The fraction of sp³-hybridized carbons (Fsp3) is 0.176. The fourth-order valence-corrected chi connectivity index (χ4v) is 2.27. The molecule has 0 unspecified atom stereocenters. The van der Waals surface area contributed by atoms with Crippen LogP contribution in [-0.4, -0.2) is 19.2 Å². The van der Waals surface area contributed by atoms with Crippen LogP contribution in [0.4, 0.5) is 4.39 Å². The van der Waals surface area contributed by atoms with Crippen molar-refractivity contribution in [2.45, 2.75) is 6.92 Å². The highest BCUT2D eigenvalue weighted by Gasteiger charge is 2.17. The van der Waals surface area contributed by atoms with Gasteiger partial charge in [0.25, 0.3) is 0 Å². The van der Waals surface area contributed by atoms with Gasteiger partial charge in [0.2, 0.25) is 5.82 Å². The molecule has 0 fully saturated rings. The van der Waals surface area contributed by atoms with Crippen molar-refractivity contribution in [3.8, 4) is 23.3 Å². The topological polar surface area (TPSA) is 68.6 Å². The zero-order valence-electron chi connectivity index (χ0n) is 13.0. The van der Waals surface area contributed by atoms with Crippen LogP contribution < -0.4 is 9.47 Å². The maximum Gasteiger partial charge on any atom is 0.344 e. The van der Waals surface area contributed by atoms with Crippen molar-refractivity contribution in [1.29, 1.82) is 5.26 Å². The Morgan fingerprint density at radius 2 is 2.04 bits per heavy atom. The number of hydrogen-bond acceptors (Lipinski definition) is 5. The Labute approximate surface area is 153 Å². The van der Waals surface area contributed by atoms with Gasteiger partial charge in [0.15, 0.2) is 18.1 Å². The van der Waals surface area contributed by atoms with E-state index in [4.69, 9.17) is 42.7 Å². The van der Waals surface area contributed by atoms with Crippen LogP contribution in [0.3, 0.4) is 0 Å². The van der Waals surface area contributed by atoms with Crippen molar-refractivity contribution in [3.05, 3.63) is 51.8 Å². The summed E-state index contributed by atoms with van der Waals surface area (Å²) in [5, 5.41) is 9.18. The number of ether oxygens (including phenoxy) is 3. The first kappa shape index (κ1) is 18.8. The van der Waals surface area contributed by atoms with Gasteiger partial charge >= 0.3 is 5.97 Å². The molecule has 0 aromatic heterocycles. The predicted octanol–water partition coefficient (Wildman–Crippen LogP) is 4.74. The smallest absolute Gasteiger partial charge is 0.344 e. The van der Waals surface area contributed by atoms with Crippen molar-refractivity contribution in [2.75, 3.05) is 13.2 Å². The van der Waals surface area contributed by atoms with E-state index in [1.807, 2.05) is 6.07 Å². The summed E-state index contributed by atoms with van der Waals surface area (Å²) in [6, 6.07) is 8.76. The molecule has 0 aliphatic heterocycles. The predicted molar refractivity (Wildman–Crippen MR) is 89.8 cm³/mol. The van der Waals surface area contributed by atoms with Crippen LogP contribution in [-0.2, 0) is 9.53 Å². The number of hydrogen-bond donors (Lipinski definition) is 0. The monoisotopic (exact) mass is 383 g/mol. The lowest BCUT2D eigenvalue weighted by atomic mass is 10.2. The molecule has 0 aliphatic rings. The Hall–Kier alpha value is -2.49. The number of halogens is 3. The van der Waals surface area contributed by atoms with Crippen molar-refractivity contribution < 1.29 is 23.4 Å². The first-order chi connectivity index (χ1) is 11.9. The number of benzene rings is 2. The van der Waals surface area contributed by atoms with Gasteiger partial charge in [0.05, 0.1) is 23.3 Å². The van der Waals surface area contributed by atoms with E-state index in [2.05, 4.69) is 0 Å². The minimum atomic E-state index is -0.893. The van der Waals surface area contributed by atoms with Crippen LogP contribution in [0.2, 0.25) is 10.0 Å². The van der Waals surface area contributed by atoms with Crippen molar-refractivity contribution in [2.24, 2.45) is 0 Å². The van der Waals surface area contributed by atoms with Gasteiger partial charge in [0, 0.05) is 5.02 Å². The van der Waals surface area contributed by atoms with Crippen LogP contribution in [0.1, 0.15) is 12.5 Å². The normalized spacial score (nSPS) is 10.0. The van der Waals surface area contributed by atoms with Gasteiger partial charge in [-0.25, -0.2) is 4.79 Å². The lowest BCUT2D eigenvalue weighted by Gasteiger charge is -2.13. The van der Waals surface area contributed by atoms with Crippen LogP contribution >= 0.6 is 23.2 Å². The highest BCUT2D eigenvalue weighted by molar-refractivity contribution is 6.32. The molecular formula is C17H12Cl2FNO4. The third-order valence-electron chi connectivity index (χ3n) is 2.88. The quantitative estimate of drug-likeness (QED) is 0.673. The number of carbonyl (C=O) groups excluding carboxylic acids is 1. The summed E-state index contributed by atoms with van der Waals surface area (Å²) in [5.74, 6) is -1.93. The second kappa shape index (κ2) is 8.56. The number of rotatable bonds is 6. The standard InChI is InChI=1S/C17H12Cl2FNO4/c1-2-23-15(22)9-24-14-4-3-13(19)17(16(14)20)25-12-6-10(8-21)5-11(18)7-12/h3-7H,2,9H2,1H3. The molecule has 2 aromatic carbocycles. The molecule has 0 saturated carbocycles. The molecule has 0 N–H and O–H groups in total. The molecular weight excluding hydrogens is 372 g/mol. The molecule has 25 heavy (non-hydrogen) atoms. The largest absolute Gasteiger partial charge is 0.479 e. The zero-order valence-corrected chi connectivity index (χ0v) is 14.5. The Kier molecular flexibility index (Phi) is 6.45. The molecule has 0 bridgehead atoms. The minimum Gasteiger partial charge on any atom is -0.479 e. The average molecular weight is 384 g/mol. The van der Waals surface area contributed by atoms with Gasteiger partial charge in [0.1, 0.15) is 5.75 Å². The lowest BCUT2D eigenvalue weighted by Crippen LogP contribution is -2.15. The molecule has 0 radical (unpaired) electrons. The highest BCUT2D eigenvalue weighted by atomic mass is 35.5. The SMILES string of the molecule is CCOC(=O)COc1ccc(Cl)c(Oc2cc(Cl)cc(C#N)c2)c1F. The fourth-order valence-electron chi connectivity index (χ4n) is 1.86. The number of nitriles is 1. The summed E-state index contributed by atoms with van der Waals surface area (Å²) in [4.78, 5) is 11.3. The second-order valence-electron chi connectivity index (χ2n) is 4.67. The molecule has 0 saturated heterocycles. The van der Waals surface area contributed by atoms with Crippen LogP contribution in [0.15, 0.2) is 30.3 Å². The summed E-state index contributed by atoms with van der Waals surface area (Å²) in [5.41, 5.74) is 0.244. The molecule has 130 valence electrons. The van der Waals surface area contributed by atoms with E-state index in [0.29, 0.717) is 0 Å². The number of carbonyl (C=O) groups is 1. The first-order valence-electron chi connectivity index (χ1n) is 7.09. The van der Waals surface area contributed by atoms with E-state index in [1.165, 1.54) is 30.3 Å². The van der Waals surface area contributed by atoms with Gasteiger partial charge in [-0.15, -0.1) is 0 Å². The van der Waals surface area contributed by atoms with Gasteiger partial charge in [-0.2, -0.15) is 9.65 Å². The third-order valence-corrected chi connectivity index (χ3v) is 3.40. The zero-order chi connectivity index (χ0) is 18.4. The van der Waals surface area contributed by atoms with Crippen molar-refractivity contribution >= 4 is 29.2 Å². The molecule has 0 aliphatic carbocycles. The van der Waals surface area contributed by atoms with E-state index < -0.39 is 18.4 Å². The summed E-state index contributed by atoms with van der Waals surface area (Å²) >= 11 is 11.9. The van der Waals surface area contributed by atoms with Crippen molar-refractivity contribution in [3.63, 3.8) is 0 Å². The molecule has 2 aromatic rings. The van der Waals surface area contributed by atoms with E-state index in [1.54, 1.807) is 6.92 Å². The van der Waals surface area contributed by atoms with Crippen LogP contribution in [0, 0.1) is 17.1 Å². The summed E-state index contributed by atoms with van der Waals surface area (Å²) in [6.07, 6.45) is 0. The Bertz CT molecular complexity index is 836. The number of esters is 1. The lowest BCUT2D eigenvalue weighted by molar-refractivity contribution is -0.145. The first-order valence-corrected chi connectivity index (χ1v) is 7.85. The van der Waals surface area contributed by atoms with Gasteiger partial charge in [-0.3, -0.25) is 0 Å². The Morgan fingerprint density at radius 3 is 2.72 bits per heavy atom. The van der Waals surface area contributed by atoms with Gasteiger partial charge < -0.3 is 14.2 Å². The van der Waals surface area contributed by atoms with Gasteiger partial charge in [-0.05, 0) is 37.3 Å². The summed E-state index contributed by atoms with van der Waals surface area (Å²) in [7, 11) is 0. The van der Waals surface area contributed by atoms with E-state index in [-0.39, 0.29) is 39.5 Å². The van der Waals surface area contributed by atoms with Gasteiger partial charge in [-0.1, -0.05) is 23.2 Å². The molecule has 0 amide bonds. The molecule has 5 nitrogen and oxygen atoms in total.